The molecule has 1 aliphatic heterocycles. The zero-order valence-electron chi connectivity index (χ0n) is 13.0. The fourth-order valence-corrected chi connectivity index (χ4v) is 2.73. The maximum absolute atomic E-state index is 13.0. The Morgan fingerprint density at radius 2 is 1.91 bits per heavy atom. The number of hydrogen-bond acceptors (Lipinski definition) is 3. The van der Waals surface area contributed by atoms with Gasteiger partial charge in [0.2, 0.25) is 11.8 Å². The van der Waals surface area contributed by atoms with Crippen molar-refractivity contribution in [1.82, 2.24) is 15.1 Å². The Balaban J connectivity index is 2.09. The van der Waals surface area contributed by atoms with Crippen LogP contribution < -0.4 is 5.32 Å². The molecule has 0 spiro atoms. The van der Waals surface area contributed by atoms with Gasteiger partial charge in [0.15, 0.2) is 0 Å². The standard InChI is InChI=1S/C16H22FN3O2/c1-12(21)20-8-7-19(10-14(11-20)16(22)18-2)9-13-3-5-15(17)6-4-13/h3-6,14H,7-11H2,1-2H3,(H,18,22)/t14-/m0/s1. The lowest BCUT2D eigenvalue weighted by Gasteiger charge is -2.23. The summed E-state index contributed by atoms with van der Waals surface area (Å²) in [6.45, 7) is 4.49. The second-order valence-corrected chi connectivity index (χ2v) is 5.64. The summed E-state index contributed by atoms with van der Waals surface area (Å²) in [7, 11) is 1.61. The van der Waals surface area contributed by atoms with Gasteiger partial charge in [-0.2, -0.15) is 0 Å². The molecule has 1 aromatic rings. The van der Waals surface area contributed by atoms with Crippen LogP contribution in [0.25, 0.3) is 0 Å². The van der Waals surface area contributed by atoms with Gasteiger partial charge in [-0.15, -0.1) is 0 Å². The van der Waals surface area contributed by atoms with Gasteiger partial charge in [0.1, 0.15) is 5.82 Å². The average Bonchev–Trinajstić information content (AvgIpc) is 2.71. The van der Waals surface area contributed by atoms with E-state index in [-0.39, 0.29) is 23.5 Å². The number of hydrogen-bond donors (Lipinski definition) is 1. The second-order valence-electron chi connectivity index (χ2n) is 5.64. The van der Waals surface area contributed by atoms with Crippen LogP contribution in [0, 0.1) is 11.7 Å². The van der Waals surface area contributed by atoms with Crippen LogP contribution in [0.1, 0.15) is 12.5 Å². The summed E-state index contributed by atoms with van der Waals surface area (Å²) in [6, 6.07) is 6.37. The fraction of sp³-hybridized carbons (Fsp3) is 0.500. The molecule has 0 saturated carbocycles. The van der Waals surface area contributed by atoms with Crippen LogP contribution in [0.15, 0.2) is 24.3 Å². The van der Waals surface area contributed by atoms with Crippen LogP contribution in [0.4, 0.5) is 4.39 Å². The number of nitrogens with zero attached hydrogens (tertiary/aromatic N) is 2. The van der Waals surface area contributed by atoms with Crippen LogP contribution in [0.5, 0.6) is 0 Å². The van der Waals surface area contributed by atoms with E-state index in [4.69, 9.17) is 0 Å². The molecule has 2 rings (SSSR count). The smallest absolute Gasteiger partial charge is 0.225 e. The van der Waals surface area contributed by atoms with Crippen LogP contribution in [0.3, 0.4) is 0 Å². The first-order valence-electron chi connectivity index (χ1n) is 7.43. The van der Waals surface area contributed by atoms with E-state index in [2.05, 4.69) is 10.2 Å². The van der Waals surface area contributed by atoms with Gasteiger partial charge in [0.25, 0.3) is 0 Å². The summed E-state index contributed by atoms with van der Waals surface area (Å²) in [4.78, 5) is 27.5. The molecular weight excluding hydrogens is 285 g/mol. The molecule has 0 aliphatic carbocycles. The molecule has 5 nitrogen and oxygen atoms in total. The summed E-state index contributed by atoms with van der Waals surface area (Å²) in [6.07, 6.45) is 0. The lowest BCUT2D eigenvalue weighted by molar-refractivity contribution is -0.130. The van der Waals surface area contributed by atoms with Crippen molar-refractivity contribution in [2.75, 3.05) is 33.2 Å². The third-order valence-electron chi connectivity index (χ3n) is 3.99. The monoisotopic (exact) mass is 307 g/mol. The van der Waals surface area contributed by atoms with E-state index < -0.39 is 0 Å². The highest BCUT2D eigenvalue weighted by atomic mass is 19.1. The van der Waals surface area contributed by atoms with E-state index in [0.29, 0.717) is 32.7 Å². The molecule has 6 heteroatoms. The van der Waals surface area contributed by atoms with Gasteiger partial charge in [0, 0.05) is 46.7 Å². The van der Waals surface area contributed by atoms with Crippen molar-refractivity contribution >= 4 is 11.8 Å². The Morgan fingerprint density at radius 1 is 1.23 bits per heavy atom. The van der Waals surface area contributed by atoms with Crippen molar-refractivity contribution in [2.45, 2.75) is 13.5 Å². The lowest BCUT2D eigenvalue weighted by atomic mass is 10.1. The maximum atomic E-state index is 13.0. The number of carbonyl (C=O) groups excluding carboxylic acids is 2. The van der Waals surface area contributed by atoms with Gasteiger partial charge in [0.05, 0.1) is 5.92 Å². The Morgan fingerprint density at radius 3 is 2.50 bits per heavy atom. The van der Waals surface area contributed by atoms with E-state index in [9.17, 15) is 14.0 Å². The normalized spacial score (nSPS) is 19.6. The number of rotatable bonds is 3. The molecule has 1 atom stereocenters. The predicted octanol–water partition coefficient (Wildman–Crippen LogP) is 0.852. The van der Waals surface area contributed by atoms with Crippen LogP contribution in [-0.2, 0) is 16.1 Å². The van der Waals surface area contributed by atoms with Crippen molar-refractivity contribution in [3.63, 3.8) is 0 Å². The Bertz CT molecular complexity index is 533. The summed E-state index contributed by atoms with van der Waals surface area (Å²) in [5, 5.41) is 2.66. The SMILES string of the molecule is CNC(=O)[C@H]1CN(Cc2ccc(F)cc2)CCN(C(C)=O)C1. The molecule has 1 N–H and O–H groups in total. The number of benzene rings is 1. The molecule has 1 saturated heterocycles. The molecule has 22 heavy (non-hydrogen) atoms. The predicted molar refractivity (Wildman–Crippen MR) is 81.5 cm³/mol. The quantitative estimate of drug-likeness (QED) is 0.901. The molecule has 0 aromatic heterocycles. The highest BCUT2D eigenvalue weighted by molar-refractivity contribution is 5.80. The largest absolute Gasteiger partial charge is 0.359 e. The van der Waals surface area contributed by atoms with E-state index in [1.807, 2.05) is 0 Å². The molecule has 1 fully saturated rings. The third kappa shape index (κ3) is 4.27. The van der Waals surface area contributed by atoms with Crippen LogP contribution in [0.2, 0.25) is 0 Å². The molecule has 1 aliphatic rings. The van der Waals surface area contributed by atoms with Gasteiger partial charge in [-0.05, 0) is 17.7 Å². The van der Waals surface area contributed by atoms with E-state index in [0.717, 1.165) is 5.56 Å². The number of halogens is 1. The van der Waals surface area contributed by atoms with Gasteiger partial charge >= 0.3 is 0 Å². The van der Waals surface area contributed by atoms with E-state index >= 15 is 0 Å². The molecule has 2 amide bonds. The van der Waals surface area contributed by atoms with Crippen molar-refractivity contribution in [2.24, 2.45) is 5.92 Å². The Hall–Kier alpha value is -1.95. The zero-order valence-corrected chi connectivity index (χ0v) is 13.0. The zero-order chi connectivity index (χ0) is 16.1. The fourth-order valence-electron chi connectivity index (χ4n) is 2.73. The second kappa shape index (κ2) is 7.35. The van der Waals surface area contributed by atoms with E-state index in [1.165, 1.54) is 19.1 Å². The van der Waals surface area contributed by atoms with Gasteiger partial charge in [-0.25, -0.2) is 4.39 Å². The number of amides is 2. The topological polar surface area (TPSA) is 52.7 Å². The Labute approximate surface area is 130 Å². The molecule has 1 aromatic carbocycles. The highest BCUT2D eigenvalue weighted by Gasteiger charge is 2.28. The minimum absolute atomic E-state index is 0.0162. The first kappa shape index (κ1) is 16.4. The van der Waals surface area contributed by atoms with Crippen molar-refractivity contribution in [3.8, 4) is 0 Å². The summed E-state index contributed by atoms with van der Waals surface area (Å²) in [5.41, 5.74) is 0.994. The lowest BCUT2D eigenvalue weighted by Crippen LogP contribution is -2.40. The molecule has 0 unspecified atom stereocenters. The minimum atomic E-state index is -0.259. The highest BCUT2D eigenvalue weighted by Crippen LogP contribution is 2.14. The van der Waals surface area contributed by atoms with E-state index in [1.54, 1.807) is 24.1 Å². The van der Waals surface area contributed by atoms with Crippen LogP contribution >= 0.6 is 0 Å². The Kier molecular flexibility index (Phi) is 5.49. The maximum Gasteiger partial charge on any atom is 0.225 e. The van der Waals surface area contributed by atoms with Crippen LogP contribution in [-0.4, -0.2) is 54.8 Å². The van der Waals surface area contributed by atoms with Crippen molar-refractivity contribution < 1.29 is 14.0 Å². The van der Waals surface area contributed by atoms with Gasteiger partial charge in [-0.1, -0.05) is 12.1 Å². The first-order valence-corrected chi connectivity index (χ1v) is 7.43. The summed E-state index contributed by atoms with van der Waals surface area (Å²) < 4.78 is 13.0. The average molecular weight is 307 g/mol. The molecule has 0 radical (unpaired) electrons. The first-order chi connectivity index (χ1) is 10.5. The summed E-state index contributed by atoms with van der Waals surface area (Å²) in [5.74, 6) is -0.586. The van der Waals surface area contributed by atoms with Gasteiger partial charge in [-0.3, -0.25) is 14.5 Å². The molecule has 0 bridgehead atoms. The van der Waals surface area contributed by atoms with Crippen molar-refractivity contribution in [3.05, 3.63) is 35.6 Å². The molecular formula is C16H22FN3O2. The number of nitrogens with one attached hydrogen (secondary N) is 1. The molecule has 120 valence electrons. The number of carbonyl (C=O) groups is 2. The minimum Gasteiger partial charge on any atom is -0.359 e. The van der Waals surface area contributed by atoms with Gasteiger partial charge < -0.3 is 10.2 Å². The summed E-state index contributed by atoms with van der Waals surface area (Å²) >= 11 is 0. The van der Waals surface area contributed by atoms with Crippen molar-refractivity contribution in [1.29, 1.82) is 0 Å². The third-order valence-corrected chi connectivity index (χ3v) is 3.99. The molecule has 1 heterocycles.